The van der Waals surface area contributed by atoms with Crippen LogP contribution in [0.4, 0.5) is 0 Å². The van der Waals surface area contributed by atoms with E-state index in [9.17, 15) is 10.0 Å². The Balaban J connectivity index is 0.000000328. The quantitative estimate of drug-likeness (QED) is 0.711. The summed E-state index contributed by atoms with van der Waals surface area (Å²) in [6.07, 6.45) is 5.03. The average Bonchev–Trinajstić information content (AvgIpc) is 3.05. The average molecular weight is 280 g/mol. The number of aromatic nitrogens is 1. The molecular weight excluding hydrogens is 256 g/mol. The Kier molecular flexibility index (Phi) is 4.83. The Bertz CT molecular complexity index is 510. The molecule has 2 bridgehead atoms. The van der Waals surface area contributed by atoms with Gasteiger partial charge < -0.3 is 16.0 Å². The van der Waals surface area contributed by atoms with Gasteiger partial charge in [-0.15, -0.1) is 0 Å². The third-order valence-electron chi connectivity index (χ3n) is 4.43. The fourth-order valence-corrected chi connectivity index (χ4v) is 3.59. The maximum absolute atomic E-state index is 11.5. The highest BCUT2D eigenvalue weighted by Crippen LogP contribution is 2.52. The first-order valence-corrected chi connectivity index (χ1v) is 7.30. The summed E-state index contributed by atoms with van der Waals surface area (Å²) < 4.78 is 0.859. The molecule has 0 unspecified atom stereocenters. The topological polar surface area (TPSA) is 88.5 Å². The van der Waals surface area contributed by atoms with Crippen molar-refractivity contribution in [2.45, 2.75) is 38.5 Å². The van der Waals surface area contributed by atoms with Gasteiger partial charge in [-0.2, -0.15) is 4.73 Å². The van der Waals surface area contributed by atoms with Crippen molar-refractivity contribution in [2.75, 3.05) is 13.2 Å². The predicted octanol–water partition coefficient (Wildman–Crippen LogP) is 1.24. The molecule has 2 saturated carbocycles. The van der Waals surface area contributed by atoms with Gasteiger partial charge in [-0.3, -0.25) is 4.79 Å². The van der Waals surface area contributed by atoms with E-state index in [-0.39, 0.29) is 12.2 Å². The number of hydrogen-bond donors (Lipinski definition) is 3. The van der Waals surface area contributed by atoms with Gasteiger partial charge in [-0.05, 0) is 49.7 Å². The number of rotatable bonds is 2. The summed E-state index contributed by atoms with van der Waals surface area (Å²) >= 11 is 0. The number of nitrogens with zero attached hydrogens (tertiary/aromatic N) is 1. The number of pyridine rings is 1. The minimum Gasteiger partial charge on any atom is -0.425 e. The molecular formula is C15H24N2O3. The van der Waals surface area contributed by atoms with Crippen LogP contribution in [0.3, 0.4) is 0 Å². The van der Waals surface area contributed by atoms with E-state index in [4.69, 9.17) is 10.8 Å². The van der Waals surface area contributed by atoms with Crippen molar-refractivity contribution in [3.8, 4) is 0 Å². The van der Waals surface area contributed by atoms with Crippen LogP contribution < -0.4 is 11.3 Å². The zero-order valence-corrected chi connectivity index (χ0v) is 12.0. The summed E-state index contributed by atoms with van der Waals surface area (Å²) in [5.41, 5.74) is 6.27. The summed E-state index contributed by atoms with van der Waals surface area (Å²) in [6.45, 7) is 2.39. The van der Waals surface area contributed by atoms with E-state index in [0.717, 1.165) is 28.3 Å². The Labute approximate surface area is 119 Å². The summed E-state index contributed by atoms with van der Waals surface area (Å²) in [7, 11) is 0. The fraction of sp³-hybridized carbons (Fsp3) is 0.667. The monoisotopic (exact) mass is 280 g/mol. The third-order valence-corrected chi connectivity index (χ3v) is 4.43. The lowest BCUT2D eigenvalue weighted by Gasteiger charge is -2.23. The van der Waals surface area contributed by atoms with E-state index in [1.165, 1.54) is 25.3 Å². The second kappa shape index (κ2) is 6.41. The molecule has 5 heteroatoms. The van der Waals surface area contributed by atoms with Crippen molar-refractivity contribution in [1.82, 2.24) is 4.73 Å². The summed E-state index contributed by atoms with van der Waals surface area (Å²) in [5, 5.41) is 17.6. The van der Waals surface area contributed by atoms with E-state index in [2.05, 4.69) is 0 Å². The Morgan fingerprint density at radius 1 is 1.35 bits per heavy atom. The lowest BCUT2D eigenvalue weighted by Crippen LogP contribution is -2.24. The third kappa shape index (κ3) is 3.04. The number of nitrogens with two attached hydrogens (primary N) is 1. The molecule has 0 spiro atoms. The van der Waals surface area contributed by atoms with Crippen LogP contribution >= 0.6 is 0 Å². The highest BCUT2D eigenvalue weighted by atomic mass is 16.5. The number of aryl methyl sites for hydroxylation is 1. The smallest absolute Gasteiger partial charge is 0.283 e. The van der Waals surface area contributed by atoms with Crippen molar-refractivity contribution in [3.05, 3.63) is 33.7 Å². The molecule has 3 rings (SSSR count). The van der Waals surface area contributed by atoms with Gasteiger partial charge in [0, 0.05) is 18.5 Å². The first kappa shape index (κ1) is 15.1. The van der Waals surface area contributed by atoms with Crippen molar-refractivity contribution in [1.29, 1.82) is 0 Å². The molecule has 1 aromatic heterocycles. The lowest BCUT2D eigenvalue weighted by atomic mass is 9.86. The molecule has 2 fully saturated rings. The summed E-state index contributed by atoms with van der Waals surface area (Å²) in [4.78, 5) is 11.5. The van der Waals surface area contributed by atoms with Crippen LogP contribution in [0.15, 0.2) is 16.9 Å². The van der Waals surface area contributed by atoms with Crippen LogP contribution in [-0.2, 0) is 0 Å². The molecule has 2 aliphatic rings. The van der Waals surface area contributed by atoms with Gasteiger partial charge in [0.25, 0.3) is 5.56 Å². The Morgan fingerprint density at radius 3 is 2.55 bits per heavy atom. The maximum Gasteiger partial charge on any atom is 0.283 e. The SMILES string of the molecule is Cc1cc([C@H]2C[C@H]3CC[C@@H]2C3)n(O)c(=O)c1.NCCO. The van der Waals surface area contributed by atoms with Crippen LogP contribution in [-0.4, -0.2) is 28.2 Å². The van der Waals surface area contributed by atoms with Crippen LogP contribution in [0, 0.1) is 18.8 Å². The molecule has 20 heavy (non-hydrogen) atoms. The summed E-state index contributed by atoms with van der Waals surface area (Å²) in [6, 6.07) is 3.45. The van der Waals surface area contributed by atoms with Crippen molar-refractivity contribution in [3.63, 3.8) is 0 Å². The molecule has 0 radical (unpaired) electrons. The maximum atomic E-state index is 11.5. The number of aliphatic hydroxyl groups excluding tert-OH is 1. The van der Waals surface area contributed by atoms with Gasteiger partial charge >= 0.3 is 0 Å². The Hall–Kier alpha value is -1.33. The van der Waals surface area contributed by atoms with E-state index in [1.54, 1.807) is 0 Å². The van der Waals surface area contributed by atoms with Crippen molar-refractivity contribution in [2.24, 2.45) is 17.6 Å². The first-order chi connectivity index (χ1) is 9.56. The Morgan fingerprint density at radius 2 is 2.05 bits per heavy atom. The molecule has 2 aliphatic carbocycles. The molecule has 0 saturated heterocycles. The van der Waals surface area contributed by atoms with Crippen LogP contribution in [0.25, 0.3) is 0 Å². The van der Waals surface area contributed by atoms with E-state index in [0.29, 0.717) is 18.4 Å². The normalized spacial score (nSPS) is 27.2. The fourth-order valence-electron chi connectivity index (χ4n) is 3.59. The molecule has 0 aliphatic heterocycles. The molecule has 4 N–H and O–H groups in total. The van der Waals surface area contributed by atoms with Crippen LogP contribution in [0.2, 0.25) is 0 Å². The second-order valence-electron chi connectivity index (χ2n) is 5.90. The number of fused-ring (bicyclic) bond motifs is 2. The largest absolute Gasteiger partial charge is 0.425 e. The van der Waals surface area contributed by atoms with Crippen LogP contribution in [0.5, 0.6) is 0 Å². The second-order valence-corrected chi connectivity index (χ2v) is 5.90. The highest BCUT2D eigenvalue weighted by molar-refractivity contribution is 5.21. The van der Waals surface area contributed by atoms with Crippen molar-refractivity contribution < 1.29 is 10.3 Å². The zero-order valence-electron chi connectivity index (χ0n) is 12.0. The number of aliphatic hydroxyl groups is 1. The first-order valence-electron chi connectivity index (χ1n) is 7.30. The van der Waals surface area contributed by atoms with Crippen LogP contribution in [0.1, 0.15) is 42.9 Å². The van der Waals surface area contributed by atoms with Crippen molar-refractivity contribution >= 4 is 0 Å². The molecule has 3 atom stereocenters. The van der Waals surface area contributed by atoms with E-state index < -0.39 is 0 Å². The molecule has 1 aromatic rings. The zero-order chi connectivity index (χ0) is 14.7. The molecule has 0 aromatic carbocycles. The predicted molar refractivity (Wildman–Crippen MR) is 77.0 cm³/mol. The van der Waals surface area contributed by atoms with Gasteiger partial charge in [0.2, 0.25) is 0 Å². The van der Waals surface area contributed by atoms with Gasteiger partial charge in [-0.1, -0.05) is 6.42 Å². The molecule has 1 heterocycles. The van der Waals surface area contributed by atoms with E-state index in [1.807, 2.05) is 13.0 Å². The van der Waals surface area contributed by atoms with Gasteiger partial charge in [0.05, 0.1) is 12.3 Å². The number of hydrogen-bond acceptors (Lipinski definition) is 4. The van der Waals surface area contributed by atoms with Gasteiger partial charge in [0.1, 0.15) is 0 Å². The minimum atomic E-state index is -0.294. The minimum absolute atomic E-state index is 0.0972. The lowest BCUT2D eigenvalue weighted by molar-refractivity contribution is 0.155. The molecule has 112 valence electrons. The van der Waals surface area contributed by atoms with Gasteiger partial charge in [-0.25, -0.2) is 0 Å². The highest BCUT2D eigenvalue weighted by Gasteiger charge is 2.41. The van der Waals surface area contributed by atoms with Gasteiger partial charge in [0.15, 0.2) is 0 Å². The molecule has 0 amide bonds. The standard InChI is InChI=1S/C13H17NO2.C2H7NO/c1-8-4-12(14(16)13(15)5-8)11-7-9-2-3-10(11)6-9;3-1-2-4/h4-5,9-11,16H,2-3,6-7H2,1H3;4H,1-3H2/t9-,10+,11-;/m0./s1. The molecule has 5 nitrogen and oxygen atoms in total. The van der Waals surface area contributed by atoms with E-state index >= 15 is 0 Å². The summed E-state index contributed by atoms with van der Waals surface area (Å²) in [5.74, 6) is 1.91.